The van der Waals surface area contributed by atoms with Gasteiger partial charge in [-0.05, 0) is 172 Å². The normalized spacial score (nSPS) is 23.5. The molecule has 8 atom stereocenters. The van der Waals surface area contributed by atoms with Gasteiger partial charge in [0.05, 0.1) is 39.2 Å². The van der Waals surface area contributed by atoms with Gasteiger partial charge in [-0.3, -0.25) is 4.79 Å². The Morgan fingerprint density at radius 1 is 0.477 bits per heavy atom. The molecule has 3 saturated heterocycles. The lowest BCUT2D eigenvalue weighted by molar-refractivity contribution is -0.139. The Bertz CT molecular complexity index is 3730. The first-order chi connectivity index (χ1) is 40.8. The van der Waals surface area contributed by atoms with Gasteiger partial charge in [-0.15, -0.1) is 0 Å². The van der Waals surface area contributed by atoms with Crippen LogP contribution in [0, 0.1) is 35.5 Å². The summed E-state index contributed by atoms with van der Waals surface area (Å²) >= 11 is 0. The number of alkyl halides is 9. The Morgan fingerprint density at radius 2 is 0.942 bits per heavy atom. The number of hydrogen-bond acceptors (Lipinski definition) is 7. The maximum atomic E-state index is 15.0. The van der Waals surface area contributed by atoms with E-state index in [-0.39, 0.29) is 148 Å². The molecule has 12 rings (SSSR count). The third-order valence-corrected chi connectivity index (χ3v) is 18.3. The van der Waals surface area contributed by atoms with Gasteiger partial charge in [0.1, 0.15) is 0 Å². The molecule has 5 aromatic carbocycles. The number of rotatable bonds is 10. The van der Waals surface area contributed by atoms with Crippen LogP contribution < -0.4 is 10.6 Å². The monoisotopic (exact) mass is 1190 g/mol. The molecule has 3 aliphatic heterocycles. The second-order valence-electron chi connectivity index (χ2n) is 23.4. The van der Waals surface area contributed by atoms with Crippen LogP contribution in [0.2, 0.25) is 0 Å². The number of urea groups is 2. The number of nitrogens with one attached hydrogen (secondary N) is 2. The smallest absolute Gasteiger partial charge is 0.416 e. The van der Waals surface area contributed by atoms with Crippen molar-refractivity contribution in [2.45, 2.75) is 62.5 Å². The molecule has 86 heavy (non-hydrogen) atoms. The first kappa shape index (κ1) is 57.7. The number of hydrogen-bond donors (Lipinski definition) is 4. The number of aromatic carboxylic acids is 2. The Labute approximate surface area is 485 Å². The minimum atomic E-state index is -4.83. The lowest BCUT2D eigenvalue weighted by Gasteiger charge is -2.23. The van der Waals surface area contributed by atoms with E-state index in [2.05, 4.69) is 20.6 Å². The fourth-order valence-electron chi connectivity index (χ4n) is 14.4. The summed E-state index contributed by atoms with van der Waals surface area (Å²) < 4.78 is 131. The largest absolute Gasteiger partial charge is 0.478 e. The van der Waals surface area contributed by atoms with Crippen LogP contribution in [0.1, 0.15) is 109 Å². The summed E-state index contributed by atoms with van der Waals surface area (Å²) in [4.78, 5) is 78.0. The van der Waals surface area contributed by atoms with Crippen LogP contribution >= 0.6 is 0 Å². The lowest BCUT2D eigenvalue weighted by atomic mass is 9.88. The molecule has 4 N–H and O–H groups in total. The maximum absolute atomic E-state index is 15.0. The zero-order valence-electron chi connectivity index (χ0n) is 45.5. The average Bonchev–Trinajstić information content (AvgIpc) is 1.66. The van der Waals surface area contributed by atoms with Crippen LogP contribution in [-0.2, 0) is 18.5 Å². The van der Waals surface area contributed by atoms with E-state index >= 15 is 13.2 Å². The number of amides is 5. The molecule has 5 amide bonds. The summed E-state index contributed by atoms with van der Waals surface area (Å²) in [6, 6.07) is 21.0. The van der Waals surface area contributed by atoms with Crippen molar-refractivity contribution in [2.75, 3.05) is 49.9 Å². The van der Waals surface area contributed by atoms with E-state index in [4.69, 9.17) is 0 Å². The summed E-state index contributed by atoms with van der Waals surface area (Å²) in [5, 5.41) is 25.6. The molecule has 0 radical (unpaired) electrons. The van der Waals surface area contributed by atoms with Crippen molar-refractivity contribution in [2.24, 2.45) is 35.5 Å². The van der Waals surface area contributed by atoms with Gasteiger partial charge >= 0.3 is 42.5 Å². The number of carbonyl (C=O) groups is 5. The third kappa shape index (κ3) is 11.2. The first-order valence-electron chi connectivity index (χ1n) is 28.1. The molecular formula is C63H54F9N7O7. The Kier molecular flexibility index (Phi) is 14.7. The van der Waals surface area contributed by atoms with Crippen molar-refractivity contribution < 1.29 is 73.7 Å². The molecule has 23 heteroatoms. The summed E-state index contributed by atoms with van der Waals surface area (Å²) in [6.45, 7) is 1.37. The van der Waals surface area contributed by atoms with Crippen LogP contribution in [0.5, 0.6) is 0 Å². The van der Waals surface area contributed by atoms with Crippen LogP contribution in [-0.4, -0.2) is 104 Å². The number of halogens is 9. The lowest BCUT2D eigenvalue weighted by Crippen LogP contribution is -2.34. The molecule has 0 spiro atoms. The highest BCUT2D eigenvalue weighted by Gasteiger charge is 2.48. The maximum Gasteiger partial charge on any atom is 0.416 e. The SMILES string of the molecule is O=C(O)c1ccc(-c2ccc(C3C[C@@H]4CN(C(=O)c5ncccn5)C[C@@H]4C3)c(C(F)(F)F)c2)cc1NC(=O)N1C[C@H]2CC(c3ccc(-c4ccc(NC(=O)N5C[C@H]6CC(c7ccccc7C(F)(F)F)=C[C@H]6C5)c(C(=O)O)c4)cc3C(F)(F)F)C[C@H]2C1. The minimum absolute atomic E-state index is 0.0173. The number of benzene rings is 5. The molecule has 3 aliphatic carbocycles. The van der Waals surface area contributed by atoms with Gasteiger partial charge < -0.3 is 35.5 Å². The second kappa shape index (κ2) is 21.9. The number of nitrogens with zero attached hydrogens (tertiary/aromatic N) is 5. The van der Waals surface area contributed by atoms with Crippen molar-refractivity contribution in [1.82, 2.24) is 24.7 Å². The van der Waals surface area contributed by atoms with Gasteiger partial charge in [0.15, 0.2) is 0 Å². The zero-order valence-corrected chi connectivity index (χ0v) is 45.5. The van der Waals surface area contributed by atoms with E-state index in [1.807, 2.05) is 0 Å². The Hall–Kier alpha value is -8.76. The molecule has 1 aromatic heterocycles. The van der Waals surface area contributed by atoms with E-state index in [0.29, 0.717) is 37.9 Å². The number of carboxylic acid groups (broad SMARTS) is 2. The van der Waals surface area contributed by atoms with E-state index in [1.54, 1.807) is 17.0 Å². The highest BCUT2D eigenvalue weighted by atomic mass is 19.4. The summed E-state index contributed by atoms with van der Waals surface area (Å²) in [5.74, 6) is -5.07. The summed E-state index contributed by atoms with van der Waals surface area (Å²) in [6.07, 6.45) is -7.75. The number of fused-ring (bicyclic) bond motifs is 3. The predicted octanol–water partition coefficient (Wildman–Crippen LogP) is 13.8. The van der Waals surface area contributed by atoms with Gasteiger partial charge in [-0.25, -0.2) is 29.1 Å². The van der Waals surface area contributed by atoms with Crippen molar-refractivity contribution in [3.63, 3.8) is 0 Å². The zero-order chi connectivity index (χ0) is 60.7. The molecule has 4 heterocycles. The molecule has 0 bridgehead atoms. The quantitative estimate of drug-likeness (QED) is 0.0969. The first-order valence-corrected chi connectivity index (χ1v) is 28.1. The predicted molar refractivity (Wildman–Crippen MR) is 296 cm³/mol. The number of allylic oxidation sites excluding steroid dienone is 1. The highest BCUT2D eigenvalue weighted by molar-refractivity contribution is 6.02. The number of carboxylic acids is 2. The van der Waals surface area contributed by atoms with Crippen molar-refractivity contribution in [1.29, 1.82) is 0 Å². The second-order valence-corrected chi connectivity index (χ2v) is 23.4. The van der Waals surface area contributed by atoms with Crippen LogP contribution in [0.4, 0.5) is 60.5 Å². The van der Waals surface area contributed by atoms with Crippen molar-refractivity contribution in [3.8, 4) is 22.3 Å². The molecule has 14 nitrogen and oxygen atoms in total. The fourth-order valence-corrected chi connectivity index (χ4v) is 14.4. The summed E-state index contributed by atoms with van der Waals surface area (Å²) in [5.41, 5.74) is -2.23. The average molecular weight is 1190 g/mol. The van der Waals surface area contributed by atoms with E-state index in [9.17, 15) is 60.5 Å². The molecule has 2 unspecified atom stereocenters. The third-order valence-electron chi connectivity index (χ3n) is 18.3. The van der Waals surface area contributed by atoms with Crippen LogP contribution in [0.3, 0.4) is 0 Å². The number of anilines is 2. The van der Waals surface area contributed by atoms with E-state index in [0.717, 1.165) is 18.2 Å². The molecule has 446 valence electrons. The van der Waals surface area contributed by atoms with Crippen LogP contribution in [0.25, 0.3) is 27.8 Å². The number of carbonyl (C=O) groups excluding carboxylic acids is 3. The van der Waals surface area contributed by atoms with E-state index < -0.39 is 71.1 Å². The van der Waals surface area contributed by atoms with Gasteiger partial charge in [-0.2, -0.15) is 39.5 Å². The molecule has 2 saturated carbocycles. The van der Waals surface area contributed by atoms with Crippen molar-refractivity contribution in [3.05, 3.63) is 172 Å². The number of likely N-dealkylation sites (tertiary alicyclic amines) is 3. The van der Waals surface area contributed by atoms with Gasteiger partial charge in [0.25, 0.3) is 5.91 Å². The molecule has 6 aromatic rings. The topological polar surface area (TPSA) is 185 Å². The molecule has 5 fully saturated rings. The standard InChI is InChI=1S/C63H54F9N7O7/c64-61(65,66)50-5-2-1-4-45(50)36-16-41-28-78(29-42(41)17-36)59(85)75-53-13-9-32(22-49(53)58(83)84)33-6-10-46(51(23-33)62(67,68)69)38-20-43-30-79(31-44(43)21-38)60(86)76-54-25-35(8-12-48(54)57(81)82)34-7-11-47(52(24-34)63(70,71)72)37-18-39-26-77(27-40(39)19-37)56(80)55-73-14-3-15-74-55/h1-16,22-25,37-44H,17-21,26-31H2,(H,75,85)(H,76,86)(H,81,82)(H,83,84)/t37?,38?,39-,40+,41-,42+,43-,44+/m0/s1. The summed E-state index contributed by atoms with van der Waals surface area (Å²) in [7, 11) is 0. The van der Waals surface area contributed by atoms with Crippen LogP contribution in [0.15, 0.2) is 122 Å². The Morgan fingerprint density at radius 3 is 1.48 bits per heavy atom. The highest BCUT2D eigenvalue weighted by Crippen LogP contribution is 2.52. The Balaban J connectivity index is 0.690. The number of aromatic nitrogens is 2. The van der Waals surface area contributed by atoms with Gasteiger partial charge in [-0.1, -0.05) is 60.7 Å². The van der Waals surface area contributed by atoms with Gasteiger partial charge in [0, 0.05) is 51.7 Å². The molecule has 6 aliphatic rings. The van der Waals surface area contributed by atoms with Crippen molar-refractivity contribution >= 4 is 46.9 Å². The molecular weight excluding hydrogens is 1140 g/mol. The van der Waals surface area contributed by atoms with E-state index in [1.165, 1.54) is 101 Å². The fraction of sp³-hybridized carbons (Fsp3) is 0.349. The van der Waals surface area contributed by atoms with Gasteiger partial charge in [0.2, 0.25) is 5.82 Å². The minimum Gasteiger partial charge on any atom is -0.478 e.